The van der Waals surface area contributed by atoms with Crippen LogP contribution in [0.4, 0.5) is 5.69 Å². The fourth-order valence-corrected chi connectivity index (χ4v) is 3.91. The number of primary amides is 1. The number of carbonyl (C=O) groups is 3. The average molecular weight is 485 g/mol. The number of nitrogens with two attached hydrogens (primary N) is 1. The average Bonchev–Trinajstić information content (AvgIpc) is 3.27. The number of likely N-dealkylation sites (tertiary alicyclic amines) is 1. The summed E-state index contributed by atoms with van der Waals surface area (Å²) in [6.07, 6.45) is 5.04. The summed E-state index contributed by atoms with van der Waals surface area (Å²) in [4.78, 5) is 37.6. The minimum Gasteiger partial charge on any atom is -0.370 e. The van der Waals surface area contributed by atoms with Gasteiger partial charge in [-0.3, -0.25) is 18.9 Å². The molecule has 184 valence electrons. The van der Waals surface area contributed by atoms with E-state index < -0.39 is 22.3 Å². The number of carbonyl (C=O) groups excluding carboxylic acids is 3. The minimum atomic E-state index is -4.59. The van der Waals surface area contributed by atoms with Crippen LogP contribution in [0.5, 0.6) is 5.75 Å². The van der Waals surface area contributed by atoms with Crippen LogP contribution in [-0.2, 0) is 24.8 Å². The van der Waals surface area contributed by atoms with E-state index in [2.05, 4.69) is 14.8 Å². The molecule has 1 unspecified atom stereocenters. The third-order valence-electron chi connectivity index (χ3n) is 5.21. The molecule has 0 bridgehead atoms. The van der Waals surface area contributed by atoms with Gasteiger partial charge in [0.05, 0.1) is 6.04 Å². The molecular weight excluding hydrogens is 452 g/mol. The van der Waals surface area contributed by atoms with Crippen molar-refractivity contribution in [1.82, 2.24) is 10.2 Å². The molecule has 1 heterocycles. The van der Waals surface area contributed by atoms with Crippen LogP contribution in [0.3, 0.4) is 0 Å². The smallest absolute Gasteiger partial charge is 0.370 e. The first-order valence-corrected chi connectivity index (χ1v) is 12.4. The van der Waals surface area contributed by atoms with Crippen molar-refractivity contribution in [3.05, 3.63) is 24.3 Å². The number of unbranched alkanes of at least 4 members (excludes halogenated alkanes) is 2. The Kier molecular flexibility index (Phi) is 10.6. The normalized spacial score (nSPS) is 14.6. The van der Waals surface area contributed by atoms with E-state index in [1.54, 1.807) is 0 Å². The molecule has 1 aromatic carbocycles. The zero-order valence-corrected chi connectivity index (χ0v) is 19.3. The van der Waals surface area contributed by atoms with E-state index in [0.29, 0.717) is 31.5 Å². The Morgan fingerprint density at radius 1 is 1.06 bits per heavy atom. The Labute approximate surface area is 194 Å². The van der Waals surface area contributed by atoms with Gasteiger partial charge < -0.3 is 25.5 Å². The first-order chi connectivity index (χ1) is 15.6. The highest BCUT2D eigenvalue weighted by Crippen LogP contribution is 2.17. The highest BCUT2D eigenvalue weighted by Gasteiger charge is 2.26. The van der Waals surface area contributed by atoms with Crippen LogP contribution in [0.15, 0.2) is 24.3 Å². The van der Waals surface area contributed by atoms with Gasteiger partial charge >= 0.3 is 10.4 Å². The zero-order valence-electron chi connectivity index (χ0n) is 18.5. The molecule has 5 N–H and O–H groups in total. The van der Waals surface area contributed by atoms with Crippen molar-refractivity contribution in [1.29, 1.82) is 0 Å². The molecule has 33 heavy (non-hydrogen) atoms. The van der Waals surface area contributed by atoms with Crippen LogP contribution in [0.25, 0.3) is 0 Å². The summed E-state index contributed by atoms with van der Waals surface area (Å²) in [7, 11) is -4.59. The van der Waals surface area contributed by atoms with Crippen molar-refractivity contribution in [2.24, 2.45) is 5.73 Å². The predicted molar refractivity (Wildman–Crippen MR) is 122 cm³/mol. The molecule has 12 heteroatoms. The Balaban J connectivity index is 1.65. The van der Waals surface area contributed by atoms with Gasteiger partial charge in [0.2, 0.25) is 17.7 Å². The molecule has 3 amide bonds. The molecule has 1 atom stereocenters. The summed E-state index contributed by atoms with van der Waals surface area (Å²) >= 11 is 0. The quantitative estimate of drug-likeness (QED) is 0.226. The largest absolute Gasteiger partial charge is 0.446 e. The van der Waals surface area contributed by atoms with E-state index in [4.69, 9.17) is 10.3 Å². The Hall–Kier alpha value is -2.70. The van der Waals surface area contributed by atoms with Gasteiger partial charge in [0.25, 0.3) is 0 Å². The zero-order chi connectivity index (χ0) is 24.3. The summed E-state index contributed by atoms with van der Waals surface area (Å²) < 4.78 is 34.3. The van der Waals surface area contributed by atoms with Crippen LogP contribution in [0.2, 0.25) is 0 Å². The third kappa shape index (κ3) is 10.6. The lowest BCUT2D eigenvalue weighted by Crippen LogP contribution is -2.46. The summed E-state index contributed by atoms with van der Waals surface area (Å²) in [6, 6.07) is 5.13. The summed E-state index contributed by atoms with van der Waals surface area (Å²) in [5.74, 6) is -0.668. The topological polar surface area (TPSA) is 168 Å². The molecule has 1 saturated heterocycles. The maximum Gasteiger partial charge on any atom is 0.446 e. The maximum absolute atomic E-state index is 12.6. The van der Waals surface area contributed by atoms with E-state index in [1.165, 1.54) is 24.3 Å². The fraction of sp³-hybridized carbons (Fsp3) is 0.571. The fourth-order valence-electron chi connectivity index (χ4n) is 3.56. The number of rotatable bonds is 14. The molecule has 0 radical (unpaired) electrons. The number of anilines is 1. The van der Waals surface area contributed by atoms with Gasteiger partial charge in [0.15, 0.2) is 0 Å². The second-order valence-corrected chi connectivity index (χ2v) is 8.96. The highest BCUT2D eigenvalue weighted by atomic mass is 32.3. The van der Waals surface area contributed by atoms with Gasteiger partial charge in [0.1, 0.15) is 5.75 Å². The third-order valence-corrected chi connectivity index (χ3v) is 5.61. The lowest BCUT2D eigenvalue weighted by molar-refractivity contribution is -0.132. The van der Waals surface area contributed by atoms with Crippen LogP contribution >= 0.6 is 0 Å². The minimum absolute atomic E-state index is 0.0149. The van der Waals surface area contributed by atoms with Gasteiger partial charge in [-0.25, -0.2) is 0 Å². The lowest BCUT2D eigenvalue weighted by atomic mass is 10.1. The SMILES string of the molecule is NC(=O)CCC(NCCCCCC(=O)Nc1ccc(OS(=O)(=O)O)cc1)C(=O)N1CCCC1. The summed E-state index contributed by atoms with van der Waals surface area (Å²) in [5.41, 5.74) is 5.71. The number of hydrogen-bond acceptors (Lipinski definition) is 7. The van der Waals surface area contributed by atoms with Crippen molar-refractivity contribution in [3.63, 3.8) is 0 Å². The number of amides is 3. The van der Waals surface area contributed by atoms with E-state index >= 15 is 0 Å². The van der Waals surface area contributed by atoms with E-state index in [1.807, 2.05) is 4.90 Å². The monoisotopic (exact) mass is 484 g/mol. The summed E-state index contributed by atoms with van der Waals surface area (Å²) in [5, 5.41) is 5.93. The molecule has 0 spiro atoms. The highest BCUT2D eigenvalue weighted by molar-refractivity contribution is 7.81. The van der Waals surface area contributed by atoms with Crippen molar-refractivity contribution < 1.29 is 31.5 Å². The molecule has 0 aliphatic carbocycles. The van der Waals surface area contributed by atoms with Gasteiger partial charge in [0, 0.05) is 31.6 Å². The van der Waals surface area contributed by atoms with E-state index in [0.717, 1.165) is 38.8 Å². The van der Waals surface area contributed by atoms with Gasteiger partial charge in [-0.15, -0.1) is 0 Å². The van der Waals surface area contributed by atoms with Crippen LogP contribution in [0, 0.1) is 0 Å². The predicted octanol–water partition coefficient (Wildman–Crippen LogP) is 1.21. The first kappa shape index (κ1) is 26.6. The Bertz CT molecular complexity index is 900. The van der Waals surface area contributed by atoms with E-state index in [9.17, 15) is 22.8 Å². The molecule has 1 aliphatic rings. The second kappa shape index (κ2) is 13.1. The number of nitrogens with one attached hydrogen (secondary N) is 2. The Morgan fingerprint density at radius 2 is 1.73 bits per heavy atom. The Morgan fingerprint density at radius 3 is 2.33 bits per heavy atom. The molecular formula is C21H32N4O7S. The molecule has 1 fully saturated rings. The molecule has 1 aromatic rings. The van der Waals surface area contributed by atoms with Crippen LogP contribution in [-0.4, -0.2) is 61.3 Å². The molecule has 2 rings (SSSR count). The van der Waals surface area contributed by atoms with Crippen molar-refractivity contribution in [2.45, 2.75) is 57.4 Å². The number of nitrogens with zero attached hydrogens (tertiary/aromatic N) is 1. The van der Waals surface area contributed by atoms with Crippen LogP contribution in [0.1, 0.15) is 51.4 Å². The second-order valence-electron chi connectivity index (χ2n) is 7.94. The molecule has 1 aliphatic heterocycles. The van der Waals surface area contributed by atoms with Gasteiger partial charge in [-0.1, -0.05) is 6.42 Å². The lowest BCUT2D eigenvalue weighted by Gasteiger charge is -2.24. The van der Waals surface area contributed by atoms with Crippen molar-refractivity contribution in [3.8, 4) is 5.75 Å². The molecule has 0 saturated carbocycles. The van der Waals surface area contributed by atoms with Crippen LogP contribution < -0.4 is 20.6 Å². The standard InChI is InChI=1S/C21H32N4O7S/c22-19(26)12-11-18(21(28)25-14-4-5-15-25)23-13-3-1-2-6-20(27)24-16-7-9-17(10-8-16)32-33(29,30)31/h7-10,18,23H,1-6,11-15H2,(H2,22,26)(H,24,27)(H,29,30,31). The maximum atomic E-state index is 12.6. The summed E-state index contributed by atoms with van der Waals surface area (Å²) in [6.45, 7) is 2.10. The van der Waals surface area contributed by atoms with E-state index in [-0.39, 0.29) is 24.0 Å². The van der Waals surface area contributed by atoms with Crippen molar-refractivity contribution in [2.75, 3.05) is 25.0 Å². The number of benzene rings is 1. The molecule has 0 aromatic heterocycles. The van der Waals surface area contributed by atoms with Crippen molar-refractivity contribution >= 4 is 33.8 Å². The van der Waals surface area contributed by atoms with Gasteiger partial charge in [-0.05, 0) is 62.9 Å². The first-order valence-electron chi connectivity index (χ1n) is 11.0. The van der Waals surface area contributed by atoms with Gasteiger partial charge in [-0.2, -0.15) is 8.42 Å². The molecule has 11 nitrogen and oxygen atoms in total. The number of hydrogen-bond donors (Lipinski definition) is 4.